The van der Waals surface area contributed by atoms with E-state index in [2.05, 4.69) is 15.3 Å². The van der Waals surface area contributed by atoms with Gasteiger partial charge in [-0.2, -0.15) is 0 Å². The zero-order valence-corrected chi connectivity index (χ0v) is 16.2. The fraction of sp³-hybridized carbons (Fsp3) is 0.316. The Morgan fingerprint density at radius 2 is 2.19 bits per heavy atom. The minimum atomic E-state index is -0.00672. The number of carbonyl (C=O) groups excluding carboxylic acids is 1. The molecule has 1 N–H and O–H groups in total. The van der Waals surface area contributed by atoms with Gasteiger partial charge in [0.05, 0.1) is 27.7 Å². The molecule has 0 unspecified atom stereocenters. The second-order valence-corrected chi connectivity index (χ2v) is 7.74. The van der Waals surface area contributed by atoms with Crippen LogP contribution >= 0.6 is 22.9 Å². The van der Waals surface area contributed by atoms with E-state index in [9.17, 15) is 4.79 Å². The van der Waals surface area contributed by atoms with Crippen LogP contribution in [0.25, 0.3) is 10.8 Å². The minimum Gasteiger partial charge on any atom is -0.443 e. The van der Waals surface area contributed by atoms with E-state index in [0.717, 1.165) is 36.5 Å². The van der Waals surface area contributed by atoms with Gasteiger partial charge in [-0.15, -0.1) is 11.3 Å². The normalized spacial score (nSPS) is 14.3. The number of hydrogen-bond donors (Lipinski definition) is 1. The van der Waals surface area contributed by atoms with Crippen LogP contribution in [-0.4, -0.2) is 33.9 Å². The maximum absolute atomic E-state index is 12.5. The zero-order valence-electron chi connectivity index (χ0n) is 14.7. The van der Waals surface area contributed by atoms with Gasteiger partial charge >= 0.3 is 0 Å². The predicted molar refractivity (Wildman–Crippen MR) is 106 cm³/mol. The molecular formula is C19H19ClN4O2S. The number of nitrogens with zero attached hydrogens (tertiary/aromatic N) is 3. The number of thiophene rings is 1. The Labute approximate surface area is 166 Å². The predicted octanol–water partition coefficient (Wildman–Crippen LogP) is 4.69. The van der Waals surface area contributed by atoms with Gasteiger partial charge in [0.15, 0.2) is 0 Å². The third-order valence-electron chi connectivity index (χ3n) is 4.45. The quantitative estimate of drug-likeness (QED) is 0.670. The van der Waals surface area contributed by atoms with Crippen molar-refractivity contribution in [3.63, 3.8) is 0 Å². The van der Waals surface area contributed by atoms with Crippen LogP contribution in [-0.2, 0) is 6.54 Å². The summed E-state index contributed by atoms with van der Waals surface area (Å²) in [6.45, 7) is 2.03. The molecule has 0 saturated carbocycles. The molecule has 3 aromatic rings. The van der Waals surface area contributed by atoms with Gasteiger partial charge in [0, 0.05) is 19.3 Å². The lowest BCUT2D eigenvalue weighted by atomic mass is 10.1. The minimum absolute atomic E-state index is 0.00672. The Bertz CT molecular complexity index is 920. The molecule has 3 aromatic heterocycles. The number of halogens is 1. The number of aromatic nitrogens is 2. The molecule has 0 radical (unpaired) electrons. The second kappa shape index (κ2) is 8.10. The van der Waals surface area contributed by atoms with Crippen LogP contribution in [0.4, 0.5) is 5.82 Å². The highest BCUT2D eigenvalue weighted by atomic mass is 35.5. The monoisotopic (exact) mass is 402 g/mol. The fourth-order valence-corrected chi connectivity index (χ4v) is 3.93. The number of anilines is 1. The van der Waals surface area contributed by atoms with Crippen molar-refractivity contribution in [1.82, 2.24) is 14.9 Å². The van der Waals surface area contributed by atoms with Crippen LogP contribution in [0.5, 0.6) is 0 Å². The van der Waals surface area contributed by atoms with Gasteiger partial charge in [0.2, 0.25) is 5.89 Å². The first kappa shape index (κ1) is 18.0. The summed E-state index contributed by atoms with van der Waals surface area (Å²) >= 11 is 7.90. The van der Waals surface area contributed by atoms with Crippen molar-refractivity contribution in [1.29, 1.82) is 0 Å². The van der Waals surface area contributed by atoms with E-state index in [1.54, 1.807) is 29.9 Å². The summed E-state index contributed by atoms with van der Waals surface area (Å²) < 4.78 is 5.50. The van der Waals surface area contributed by atoms with Gasteiger partial charge in [-0.05, 0) is 36.8 Å². The van der Waals surface area contributed by atoms with Crippen LogP contribution in [0, 0.1) is 0 Å². The molecule has 27 heavy (non-hydrogen) atoms. The Balaban J connectivity index is 1.40. The first-order valence-corrected chi connectivity index (χ1v) is 10.1. The average molecular weight is 403 g/mol. The van der Waals surface area contributed by atoms with E-state index in [1.165, 1.54) is 6.42 Å². The molecule has 4 rings (SSSR count). The van der Waals surface area contributed by atoms with E-state index in [1.807, 2.05) is 22.4 Å². The van der Waals surface area contributed by atoms with Crippen molar-refractivity contribution >= 4 is 34.7 Å². The molecular weight excluding hydrogens is 384 g/mol. The first-order valence-electron chi connectivity index (χ1n) is 8.87. The fourth-order valence-electron chi connectivity index (χ4n) is 3.04. The molecule has 0 atom stereocenters. The number of likely N-dealkylation sites (tertiary alicyclic amines) is 1. The highest BCUT2D eigenvalue weighted by Crippen LogP contribution is 2.25. The molecule has 0 aromatic carbocycles. The molecule has 0 spiro atoms. The molecule has 1 aliphatic heterocycles. The lowest BCUT2D eigenvalue weighted by molar-refractivity contribution is 0.0724. The molecule has 8 heteroatoms. The molecule has 1 saturated heterocycles. The summed E-state index contributed by atoms with van der Waals surface area (Å²) in [5, 5.41) is 5.54. The lowest BCUT2D eigenvalue weighted by Crippen LogP contribution is -2.35. The summed E-state index contributed by atoms with van der Waals surface area (Å²) in [6.07, 6.45) is 6.48. The zero-order chi connectivity index (χ0) is 18.6. The van der Waals surface area contributed by atoms with Crippen molar-refractivity contribution in [3.05, 3.63) is 52.3 Å². The molecule has 6 nitrogen and oxygen atoms in total. The summed E-state index contributed by atoms with van der Waals surface area (Å²) in [7, 11) is 0. The topological polar surface area (TPSA) is 71.3 Å². The second-order valence-electron chi connectivity index (χ2n) is 6.38. The van der Waals surface area contributed by atoms with Crippen LogP contribution in [0.1, 0.15) is 35.3 Å². The van der Waals surface area contributed by atoms with E-state index in [0.29, 0.717) is 28.8 Å². The maximum atomic E-state index is 12.5. The third kappa shape index (κ3) is 4.14. The summed E-state index contributed by atoms with van der Waals surface area (Å²) in [6, 6.07) is 5.59. The summed E-state index contributed by atoms with van der Waals surface area (Å²) in [4.78, 5) is 24.2. The number of piperidine rings is 1. The molecule has 1 fully saturated rings. The van der Waals surface area contributed by atoms with Gasteiger partial charge in [-0.25, -0.2) is 9.97 Å². The third-order valence-corrected chi connectivity index (χ3v) is 5.60. The van der Waals surface area contributed by atoms with Gasteiger partial charge < -0.3 is 14.6 Å². The summed E-state index contributed by atoms with van der Waals surface area (Å²) in [5.74, 6) is 1.11. The van der Waals surface area contributed by atoms with Crippen molar-refractivity contribution in [3.8, 4) is 10.8 Å². The van der Waals surface area contributed by atoms with Gasteiger partial charge in [0.25, 0.3) is 5.91 Å². The Kier molecular flexibility index (Phi) is 5.40. The number of carbonyl (C=O) groups is 1. The van der Waals surface area contributed by atoms with E-state index < -0.39 is 0 Å². The van der Waals surface area contributed by atoms with Gasteiger partial charge in [-0.3, -0.25) is 4.79 Å². The molecule has 140 valence electrons. The van der Waals surface area contributed by atoms with E-state index in [-0.39, 0.29) is 5.91 Å². The molecule has 4 heterocycles. The number of hydrogen-bond acceptors (Lipinski definition) is 6. The maximum Gasteiger partial charge on any atom is 0.255 e. The SMILES string of the molecule is O=C(c1cnc(NCc2coc(-c3cccs3)n2)c(Cl)c1)N1CCCCC1. The van der Waals surface area contributed by atoms with Crippen molar-refractivity contribution < 1.29 is 9.21 Å². The Morgan fingerprint density at radius 1 is 1.33 bits per heavy atom. The van der Waals surface area contributed by atoms with Gasteiger partial charge in [0.1, 0.15) is 12.1 Å². The molecule has 1 amide bonds. The molecule has 0 bridgehead atoms. The highest BCUT2D eigenvalue weighted by Gasteiger charge is 2.19. The average Bonchev–Trinajstić information content (AvgIpc) is 3.39. The van der Waals surface area contributed by atoms with Crippen LogP contribution < -0.4 is 5.32 Å². The smallest absolute Gasteiger partial charge is 0.255 e. The van der Waals surface area contributed by atoms with E-state index >= 15 is 0 Å². The molecule has 1 aliphatic rings. The van der Waals surface area contributed by atoms with Crippen LogP contribution in [0.2, 0.25) is 5.02 Å². The Hall–Kier alpha value is -2.38. The number of pyridine rings is 1. The standard InChI is InChI=1S/C19H19ClN4O2S/c20-15-9-13(19(25)24-6-2-1-3-7-24)10-21-17(15)22-11-14-12-26-18(23-14)16-5-4-8-27-16/h4-5,8-10,12H,1-3,6-7,11H2,(H,21,22). The van der Waals surface area contributed by atoms with Crippen LogP contribution in [0.3, 0.4) is 0 Å². The van der Waals surface area contributed by atoms with Crippen molar-refractivity contribution in [2.75, 3.05) is 18.4 Å². The molecule has 0 aliphatic carbocycles. The number of oxazole rings is 1. The number of nitrogens with one attached hydrogen (secondary N) is 1. The number of amides is 1. The van der Waals surface area contributed by atoms with E-state index in [4.69, 9.17) is 16.0 Å². The van der Waals surface area contributed by atoms with Gasteiger partial charge in [-0.1, -0.05) is 17.7 Å². The van der Waals surface area contributed by atoms with Crippen molar-refractivity contribution in [2.24, 2.45) is 0 Å². The number of rotatable bonds is 5. The highest BCUT2D eigenvalue weighted by molar-refractivity contribution is 7.13. The summed E-state index contributed by atoms with van der Waals surface area (Å²) in [5.41, 5.74) is 1.28. The largest absolute Gasteiger partial charge is 0.443 e. The van der Waals surface area contributed by atoms with Crippen molar-refractivity contribution in [2.45, 2.75) is 25.8 Å². The first-order chi connectivity index (χ1) is 13.2. The lowest BCUT2D eigenvalue weighted by Gasteiger charge is -2.26. The Morgan fingerprint density at radius 3 is 2.93 bits per heavy atom. The van der Waals surface area contributed by atoms with Crippen LogP contribution in [0.15, 0.2) is 40.5 Å².